The molecule has 0 spiro atoms. The van der Waals surface area contributed by atoms with Crippen LogP contribution in [0.25, 0.3) is 0 Å². The lowest BCUT2D eigenvalue weighted by Gasteiger charge is -2.21. The molecule has 1 aromatic carbocycles. The van der Waals surface area contributed by atoms with Gasteiger partial charge in [-0.2, -0.15) is 0 Å². The number of nitrogens with zero attached hydrogens (tertiary/aromatic N) is 2. The van der Waals surface area contributed by atoms with Gasteiger partial charge in [-0.15, -0.1) is 0 Å². The number of anilines is 2. The van der Waals surface area contributed by atoms with E-state index in [2.05, 4.69) is 0 Å². The lowest BCUT2D eigenvalue weighted by atomic mass is 10.2. The van der Waals surface area contributed by atoms with E-state index in [1.54, 1.807) is 18.2 Å². The van der Waals surface area contributed by atoms with E-state index in [4.69, 9.17) is 10.5 Å². The molecule has 0 amide bonds. The highest BCUT2D eigenvalue weighted by Gasteiger charge is 2.22. The minimum atomic E-state index is -0.420. The maximum Gasteiger partial charge on any atom is 0.315 e. The van der Waals surface area contributed by atoms with Gasteiger partial charge in [0.15, 0.2) is 0 Å². The molecule has 1 aromatic rings. The molecule has 1 heterocycles. The molecule has 6 heteroatoms. The van der Waals surface area contributed by atoms with Crippen molar-refractivity contribution in [2.45, 2.75) is 6.42 Å². The Labute approximate surface area is 99.1 Å². The van der Waals surface area contributed by atoms with Crippen LogP contribution in [0.2, 0.25) is 0 Å². The van der Waals surface area contributed by atoms with E-state index < -0.39 is 4.92 Å². The van der Waals surface area contributed by atoms with Crippen LogP contribution in [0.3, 0.4) is 0 Å². The van der Waals surface area contributed by atoms with E-state index >= 15 is 0 Å². The zero-order chi connectivity index (χ0) is 12.3. The molecular weight excluding hydrogens is 222 g/mol. The third-order valence-corrected chi connectivity index (χ3v) is 2.79. The van der Waals surface area contributed by atoms with E-state index in [1.165, 1.54) is 0 Å². The van der Waals surface area contributed by atoms with Crippen molar-refractivity contribution >= 4 is 17.1 Å². The maximum absolute atomic E-state index is 11.0. The molecule has 6 nitrogen and oxygen atoms in total. The molecule has 0 aliphatic carbocycles. The standard InChI is InChI=1S/C11H15N3O3/c12-9-3-1-4-10(11(9)14(15)16)13-5-2-7-17-8-6-13/h1,3-4H,2,5-8,12H2. The van der Waals surface area contributed by atoms with Crippen LogP contribution in [0.4, 0.5) is 17.1 Å². The second-order valence-electron chi connectivity index (χ2n) is 3.93. The lowest BCUT2D eigenvalue weighted by Crippen LogP contribution is -2.26. The summed E-state index contributed by atoms with van der Waals surface area (Å²) in [6, 6.07) is 5.03. The van der Waals surface area contributed by atoms with Gasteiger partial charge in [-0.3, -0.25) is 10.1 Å². The second-order valence-corrected chi connectivity index (χ2v) is 3.93. The first-order valence-corrected chi connectivity index (χ1v) is 5.55. The molecule has 17 heavy (non-hydrogen) atoms. The summed E-state index contributed by atoms with van der Waals surface area (Å²) in [5, 5.41) is 11.0. The largest absolute Gasteiger partial charge is 0.393 e. The zero-order valence-electron chi connectivity index (χ0n) is 9.46. The molecular formula is C11H15N3O3. The normalized spacial score (nSPS) is 16.6. The fourth-order valence-electron chi connectivity index (χ4n) is 1.99. The summed E-state index contributed by atoms with van der Waals surface area (Å²) in [4.78, 5) is 12.6. The minimum absolute atomic E-state index is 0.00519. The molecule has 1 fully saturated rings. The number of hydrogen-bond acceptors (Lipinski definition) is 5. The molecule has 92 valence electrons. The molecule has 0 bridgehead atoms. The average Bonchev–Trinajstić information content (AvgIpc) is 2.56. The van der Waals surface area contributed by atoms with Crippen LogP contribution in [0.5, 0.6) is 0 Å². The summed E-state index contributed by atoms with van der Waals surface area (Å²) in [5.41, 5.74) is 6.45. The van der Waals surface area contributed by atoms with Crippen molar-refractivity contribution in [3.05, 3.63) is 28.3 Å². The van der Waals surface area contributed by atoms with Crippen molar-refractivity contribution in [3.63, 3.8) is 0 Å². The van der Waals surface area contributed by atoms with Gasteiger partial charge in [0.1, 0.15) is 11.4 Å². The second kappa shape index (κ2) is 5.01. The lowest BCUT2D eigenvalue weighted by molar-refractivity contribution is -0.383. The summed E-state index contributed by atoms with van der Waals surface area (Å²) in [7, 11) is 0. The molecule has 1 aliphatic heterocycles. The molecule has 0 unspecified atom stereocenters. The molecule has 2 rings (SSSR count). The number of nitrogen functional groups attached to an aromatic ring is 1. The third kappa shape index (κ3) is 2.47. The molecule has 0 atom stereocenters. The highest BCUT2D eigenvalue weighted by molar-refractivity contribution is 5.75. The van der Waals surface area contributed by atoms with Crippen LogP contribution in [-0.2, 0) is 4.74 Å². The highest BCUT2D eigenvalue weighted by Crippen LogP contribution is 2.33. The van der Waals surface area contributed by atoms with E-state index in [0.29, 0.717) is 25.4 Å². The van der Waals surface area contributed by atoms with E-state index in [1.807, 2.05) is 4.90 Å². The minimum Gasteiger partial charge on any atom is -0.393 e. The fraction of sp³-hybridized carbons (Fsp3) is 0.455. The SMILES string of the molecule is Nc1cccc(N2CCCOCC2)c1[N+](=O)[O-]. The summed E-state index contributed by atoms with van der Waals surface area (Å²) in [6.45, 7) is 2.70. The van der Waals surface area contributed by atoms with Crippen molar-refractivity contribution in [1.82, 2.24) is 0 Å². The van der Waals surface area contributed by atoms with Crippen LogP contribution in [0, 0.1) is 10.1 Å². The Hall–Kier alpha value is -1.82. The molecule has 0 aromatic heterocycles. The van der Waals surface area contributed by atoms with Gasteiger partial charge in [0.25, 0.3) is 0 Å². The summed E-state index contributed by atoms with van der Waals surface area (Å²) >= 11 is 0. The quantitative estimate of drug-likeness (QED) is 0.477. The van der Waals surface area contributed by atoms with Crippen LogP contribution < -0.4 is 10.6 Å². The van der Waals surface area contributed by atoms with Crippen molar-refractivity contribution in [2.75, 3.05) is 36.9 Å². The zero-order valence-corrected chi connectivity index (χ0v) is 9.46. The van der Waals surface area contributed by atoms with E-state index in [-0.39, 0.29) is 11.4 Å². The fourth-order valence-corrected chi connectivity index (χ4v) is 1.99. The Balaban J connectivity index is 2.36. The van der Waals surface area contributed by atoms with Crippen LogP contribution in [0.15, 0.2) is 18.2 Å². The van der Waals surface area contributed by atoms with Crippen molar-refractivity contribution in [3.8, 4) is 0 Å². The Kier molecular flexibility index (Phi) is 3.43. The van der Waals surface area contributed by atoms with Crippen molar-refractivity contribution < 1.29 is 9.66 Å². The number of nitro groups is 1. The smallest absolute Gasteiger partial charge is 0.315 e. The molecule has 1 aliphatic rings. The monoisotopic (exact) mass is 237 g/mol. The topological polar surface area (TPSA) is 81.6 Å². The molecule has 1 saturated heterocycles. The van der Waals surface area contributed by atoms with Gasteiger partial charge in [-0.25, -0.2) is 0 Å². The number of ether oxygens (including phenoxy) is 1. The van der Waals surface area contributed by atoms with Crippen LogP contribution in [-0.4, -0.2) is 31.2 Å². The van der Waals surface area contributed by atoms with Gasteiger partial charge in [0.05, 0.1) is 11.5 Å². The van der Waals surface area contributed by atoms with Gasteiger partial charge < -0.3 is 15.4 Å². The Morgan fingerprint density at radius 3 is 2.94 bits per heavy atom. The van der Waals surface area contributed by atoms with Gasteiger partial charge in [0.2, 0.25) is 0 Å². The number of nitrogens with two attached hydrogens (primary N) is 1. The van der Waals surface area contributed by atoms with Crippen LogP contribution >= 0.6 is 0 Å². The van der Waals surface area contributed by atoms with Crippen molar-refractivity contribution in [2.24, 2.45) is 0 Å². The molecule has 2 N–H and O–H groups in total. The van der Waals surface area contributed by atoms with Gasteiger partial charge in [-0.05, 0) is 18.6 Å². The van der Waals surface area contributed by atoms with Gasteiger partial charge >= 0.3 is 5.69 Å². The number of hydrogen-bond donors (Lipinski definition) is 1. The first-order valence-electron chi connectivity index (χ1n) is 5.55. The maximum atomic E-state index is 11.0. The summed E-state index contributed by atoms with van der Waals surface area (Å²) in [6.07, 6.45) is 0.867. The predicted molar refractivity (Wildman–Crippen MR) is 65.2 cm³/mol. The Morgan fingerprint density at radius 1 is 1.35 bits per heavy atom. The molecule has 0 saturated carbocycles. The Morgan fingerprint density at radius 2 is 2.18 bits per heavy atom. The van der Waals surface area contributed by atoms with Crippen LogP contribution in [0.1, 0.15) is 6.42 Å². The number of rotatable bonds is 2. The first kappa shape index (κ1) is 11.7. The number of benzene rings is 1. The number of nitro benzene ring substituents is 1. The highest BCUT2D eigenvalue weighted by atomic mass is 16.6. The van der Waals surface area contributed by atoms with E-state index in [9.17, 15) is 10.1 Å². The van der Waals surface area contributed by atoms with E-state index in [0.717, 1.165) is 13.0 Å². The van der Waals surface area contributed by atoms with Gasteiger partial charge in [-0.1, -0.05) is 6.07 Å². The predicted octanol–water partition coefficient (Wildman–Crippen LogP) is 1.40. The Bertz CT molecular complexity index is 414. The van der Waals surface area contributed by atoms with Gasteiger partial charge in [0, 0.05) is 19.7 Å². The first-order chi connectivity index (χ1) is 8.20. The van der Waals surface area contributed by atoms with Crippen molar-refractivity contribution in [1.29, 1.82) is 0 Å². The summed E-state index contributed by atoms with van der Waals surface area (Å²) in [5.74, 6) is 0. The number of para-hydroxylation sites is 1. The summed E-state index contributed by atoms with van der Waals surface area (Å²) < 4.78 is 5.33. The average molecular weight is 237 g/mol. The molecule has 0 radical (unpaired) electrons. The third-order valence-electron chi connectivity index (χ3n) is 2.79.